The molecule has 0 aliphatic carbocycles. The zero-order valence-electron chi connectivity index (χ0n) is 10.8. The fourth-order valence-corrected chi connectivity index (χ4v) is 1.97. The molecule has 3 nitrogen and oxygen atoms in total. The van der Waals surface area contributed by atoms with Gasteiger partial charge in [0, 0.05) is 22.6 Å². The van der Waals surface area contributed by atoms with Gasteiger partial charge in [-0.1, -0.05) is 22.0 Å². The van der Waals surface area contributed by atoms with Gasteiger partial charge in [0.1, 0.15) is 18.2 Å². The SMILES string of the molecule is CC(=O)Nc1ccc(OCc2ccc(Br)cc2F)cc1. The summed E-state index contributed by atoms with van der Waals surface area (Å²) < 4.78 is 19.8. The van der Waals surface area contributed by atoms with Crippen molar-refractivity contribution in [2.45, 2.75) is 13.5 Å². The normalized spacial score (nSPS) is 10.2. The number of anilines is 1. The summed E-state index contributed by atoms with van der Waals surface area (Å²) in [5, 5.41) is 2.66. The smallest absolute Gasteiger partial charge is 0.221 e. The Balaban J connectivity index is 1.98. The van der Waals surface area contributed by atoms with Crippen LogP contribution in [0.4, 0.5) is 10.1 Å². The van der Waals surface area contributed by atoms with Gasteiger partial charge in [-0.2, -0.15) is 0 Å². The van der Waals surface area contributed by atoms with Gasteiger partial charge in [0.05, 0.1) is 0 Å². The van der Waals surface area contributed by atoms with Gasteiger partial charge in [-0.3, -0.25) is 4.79 Å². The highest BCUT2D eigenvalue weighted by Crippen LogP contribution is 2.19. The van der Waals surface area contributed by atoms with E-state index in [1.807, 2.05) is 0 Å². The number of amides is 1. The van der Waals surface area contributed by atoms with Crippen LogP contribution in [0, 0.1) is 5.82 Å². The third-order valence-electron chi connectivity index (χ3n) is 2.58. The summed E-state index contributed by atoms with van der Waals surface area (Å²) in [5.41, 5.74) is 1.18. The summed E-state index contributed by atoms with van der Waals surface area (Å²) in [7, 11) is 0. The molecule has 5 heteroatoms. The summed E-state index contributed by atoms with van der Waals surface area (Å²) in [6, 6.07) is 11.7. The number of hydrogen-bond donors (Lipinski definition) is 1. The van der Waals surface area contributed by atoms with E-state index in [9.17, 15) is 9.18 Å². The zero-order valence-corrected chi connectivity index (χ0v) is 12.4. The Bertz CT molecular complexity index is 614. The van der Waals surface area contributed by atoms with Gasteiger partial charge in [-0.25, -0.2) is 4.39 Å². The minimum absolute atomic E-state index is 0.129. The molecular formula is C15H13BrFNO2. The first kappa shape index (κ1) is 14.5. The van der Waals surface area contributed by atoms with Crippen LogP contribution in [0.1, 0.15) is 12.5 Å². The summed E-state index contributed by atoms with van der Waals surface area (Å²) in [4.78, 5) is 10.9. The van der Waals surface area contributed by atoms with Crippen LogP contribution >= 0.6 is 15.9 Å². The topological polar surface area (TPSA) is 38.3 Å². The van der Waals surface area contributed by atoms with Crippen molar-refractivity contribution < 1.29 is 13.9 Å². The van der Waals surface area contributed by atoms with Crippen molar-refractivity contribution in [1.82, 2.24) is 0 Å². The molecule has 0 heterocycles. The molecule has 0 saturated heterocycles. The van der Waals surface area contributed by atoms with Crippen LogP contribution in [0.5, 0.6) is 5.75 Å². The molecule has 1 N–H and O–H groups in total. The predicted molar refractivity (Wildman–Crippen MR) is 79.2 cm³/mol. The van der Waals surface area contributed by atoms with Crippen molar-refractivity contribution >= 4 is 27.5 Å². The molecule has 0 aliphatic rings. The molecule has 2 aromatic carbocycles. The molecule has 0 radical (unpaired) electrons. The van der Waals surface area contributed by atoms with E-state index in [1.54, 1.807) is 36.4 Å². The second-order valence-corrected chi connectivity index (χ2v) is 5.15. The fourth-order valence-electron chi connectivity index (χ4n) is 1.64. The second kappa shape index (κ2) is 6.52. The predicted octanol–water partition coefficient (Wildman–Crippen LogP) is 4.13. The number of ether oxygens (including phenoxy) is 1. The van der Waals surface area contributed by atoms with Gasteiger partial charge in [0.15, 0.2) is 0 Å². The maximum absolute atomic E-state index is 13.6. The molecule has 0 spiro atoms. The van der Waals surface area contributed by atoms with E-state index in [4.69, 9.17) is 4.74 Å². The van der Waals surface area contributed by atoms with Crippen molar-refractivity contribution in [2.75, 3.05) is 5.32 Å². The van der Waals surface area contributed by atoms with Crippen LogP contribution in [0.3, 0.4) is 0 Å². The highest BCUT2D eigenvalue weighted by molar-refractivity contribution is 9.10. The van der Waals surface area contributed by atoms with Crippen LogP contribution in [0.15, 0.2) is 46.9 Å². The molecule has 1 amide bonds. The Morgan fingerprint density at radius 1 is 1.25 bits per heavy atom. The van der Waals surface area contributed by atoms with E-state index in [0.29, 0.717) is 21.5 Å². The molecule has 0 aromatic heterocycles. The highest BCUT2D eigenvalue weighted by atomic mass is 79.9. The minimum atomic E-state index is -0.311. The summed E-state index contributed by atoms with van der Waals surface area (Å²) >= 11 is 3.20. The van der Waals surface area contributed by atoms with E-state index < -0.39 is 0 Å². The highest BCUT2D eigenvalue weighted by Gasteiger charge is 2.04. The van der Waals surface area contributed by atoms with Crippen molar-refractivity contribution in [3.8, 4) is 5.75 Å². The van der Waals surface area contributed by atoms with E-state index >= 15 is 0 Å². The second-order valence-electron chi connectivity index (χ2n) is 4.23. The summed E-state index contributed by atoms with van der Waals surface area (Å²) in [6.45, 7) is 1.60. The molecule has 0 atom stereocenters. The largest absolute Gasteiger partial charge is 0.489 e. The number of hydrogen-bond acceptors (Lipinski definition) is 2. The Kier molecular flexibility index (Phi) is 4.74. The first-order valence-electron chi connectivity index (χ1n) is 5.99. The Morgan fingerprint density at radius 3 is 2.55 bits per heavy atom. The molecule has 104 valence electrons. The van der Waals surface area contributed by atoms with Crippen molar-refractivity contribution in [2.24, 2.45) is 0 Å². The monoisotopic (exact) mass is 337 g/mol. The Morgan fingerprint density at radius 2 is 1.95 bits per heavy atom. The molecule has 2 rings (SSSR count). The number of halogens is 2. The van der Waals surface area contributed by atoms with Gasteiger partial charge < -0.3 is 10.1 Å². The molecule has 0 unspecified atom stereocenters. The van der Waals surface area contributed by atoms with Crippen LogP contribution in [-0.2, 0) is 11.4 Å². The Hall–Kier alpha value is -1.88. The lowest BCUT2D eigenvalue weighted by molar-refractivity contribution is -0.114. The third kappa shape index (κ3) is 4.06. The van der Waals surface area contributed by atoms with Crippen LogP contribution in [0.2, 0.25) is 0 Å². The quantitative estimate of drug-likeness (QED) is 0.911. The van der Waals surface area contributed by atoms with Gasteiger partial charge >= 0.3 is 0 Å². The average molecular weight is 338 g/mol. The maximum atomic E-state index is 13.6. The molecular weight excluding hydrogens is 325 g/mol. The van der Waals surface area contributed by atoms with Crippen molar-refractivity contribution in [1.29, 1.82) is 0 Å². The zero-order chi connectivity index (χ0) is 14.5. The first-order chi connectivity index (χ1) is 9.54. The van der Waals surface area contributed by atoms with Crippen molar-refractivity contribution in [3.05, 3.63) is 58.3 Å². The van der Waals surface area contributed by atoms with E-state index in [1.165, 1.54) is 13.0 Å². The van der Waals surface area contributed by atoms with Crippen LogP contribution in [-0.4, -0.2) is 5.91 Å². The van der Waals surface area contributed by atoms with Crippen LogP contribution in [0.25, 0.3) is 0 Å². The molecule has 0 aliphatic heterocycles. The van der Waals surface area contributed by atoms with E-state index in [2.05, 4.69) is 21.2 Å². The van der Waals surface area contributed by atoms with Gasteiger partial charge in [-0.05, 0) is 36.4 Å². The number of benzene rings is 2. The van der Waals surface area contributed by atoms with Gasteiger partial charge in [0.25, 0.3) is 0 Å². The lowest BCUT2D eigenvalue weighted by atomic mass is 10.2. The summed E-state index contributed by atoms with van der Waals surface area (Å²) in [6.07, 6.45) is 0. The molecule has 20 heavy (non-hydrogen) atoms. The molecule has 0 saturated carbocycles. The number of nitrogens with one attached hydrogen (secondary N) is 1. The molecule has 0 bridgehead atoms. The minimum Gasteiger partial charge on any atom is -0.489 e. The molecule has 2 aromatic rings. The number of carbonyl (C=O) groups is 1. The van der Waals surface area contributed by atoms with Crippen molar-refractivity contribution in [3.63, 3.8) is 0 Å². The van der Waals surface area contributed by atoms with E-state index in [-0.39, 0.29) is 18.3 Å². The summed E-state index contributed by atoms with van der Waals surface area (Å²) in [5.74, 6) is 0.172. The average Bonchev–Trinajstić information content (AvgIpc) is 2.39. The van der Waals surface area contributed by atoms with Gasteiger partial charge in [0.2, 0.25) is 5.91 Å². The van der Waals surface area contributed by atoms with E-state index in [0.717, 1.165) is 0 Å². The van der Waals surface area contributed by atoms with Gasteiger partial charge in [-0.15, -0.1) is 0 Å². The lowest BCUT2D eigenvalue weighted by Gasteiger charge is -2.08. The molecule has 0 fully saturated rings. The Labute approximate surface area is 124 Å². The fraction of sp³-hybridized carbons (Fsp3) is 0.133. The standard InChI is InChI=1S/C15H13BrFNO2/c1-10(19)18-13-4-6-14(7-5-13)20-9-11-2-3-12(16)8-15(11)17/h2-8H,9H2,1H3,(H,18,19). The van der Waals surface area contributed by atoms with Crippen LogP contribution < -0.4 is 10.1 Å². The third-order valence-corrected chi connectivity index (χ3v) is 3.08. The maximum Gasteiger partial charge on any atom is 0.221 e. The number of rotatable bonds is 4. The lowest BCUT2D eigenvalue weighted by Crippen LogP contribution is -2.05. The first-order valence-corrected chi connectivity index (χ1v) is 6.78. The number of carbonyl (C=O) groups excluding carboxylic acids is 1.